The molecule has 4 nitrogen and oxygen atoms in total. The molecule has 18 heavy (non-hydrogen) atoms. The lowest BCUT2D eigenvalue weighted by atomic mass is 10.3. The summed E-state index contributed by atoms with van der Waals surface area (Å²) in [5.41, 5.74) is 0.753. The normalized spacial score (nSPS) is 11.1. The minimum atomic E-state index is -0.399. The summed E-state index contributed by atoms with van der Waals surface area (Å²) in [6, 6.07) is 4.70. The van der Waals surface area contributed by atoms with Crippen LogP contribution in [0.15, 0.2) is 35.1 Å². The lowest BCUT2D eigenvalue weighted by Crippen LogP contribution is -2.02. The molecule has 0 saturated heterocycles. The van der Waals surface area contributed by atoms with E-state index < -0.39 is 5.82 Å². The summed E-state index contributed by atoms with van der Waals surface area (Å²) in [6.07, 6.45) is 3.10. The fourth-order valence-electron chi connectivity index (χ4n) is 1.65. The first kappa shape index (κ1) is 11.6. The van der Waals surface area contributed by atoms with Crippen molar-refractivity contribution in [1.29, 1.82) is 0 Å². The van der Waals surface area contributed by atoms with Crippen LogP contribution in [0.4, 0.5) is 4.39 Å². The highest BCUT2D eigenvalue weighted by molar-refractivity contribution is 9.10. The predicted molar refractivity (Wildman–Crippen MR) is 69.3 cm³/mol. The minimum absolute atomic E-state index is 0.0942. The first-order chi connectivity index (χ1) is 8.66. The van der Waals surface area contributed by atoms with Gasteiger partial charge in [0.25, 0.3) is 0 Å². The molecule has 0 aliphatic heterocycles. The number of rotatable bonds is 1. The average molecular weight is 328 g/mol. The number of benzene rings is 1. The molecule has 0 fully saturated rings. The Hall–Kier alpha value is -1.53. The fraction of sp³-hybridized carbons (Fsp3) is 0. The summed E-state index contributed by atoms with van der Waals surface area (Å²) >= 11 is 9.04. The van der Waals surface area contributed by atoms with E-state index in [0.717, 1.165) is 0 Å². The van der Waals surface area contributed by atoms with Crippen molar-refractivity contribution in [3.05, 3.63) is 46.2 Å². The molecule has 0 aliphatic carbocycles. The van der Waals surface area contributed by atoms with Crippen LogP contribution >= 0.6 is 27.5 Å². The van der Waals surface area contributed by atoms with E-state index in [1.54, 1.807) is 24.5 Å². The summed E-state index contributed by atoms with van der Waals surface area (Å²) in [4.78, 5) is 7.92. The van der Waals surface area contributed by atoms with Crippen LogP contribution in [0.5, 0.6) is 0 Å². The Morgan fingerprint density at radius 1 is 1.28 bits per heavy atom. The largest absolute Gasteiger partial charge is 0.226 e. The van der Waals surface area contributed by atoms with Crippen LogP contribution < -0.4 is 0 Å². The summed E-state index contributed by atoms with van der Waals surface area (Å²) < 4.78 is 15.9. The standard InChI is InChI=1S/C11H5BrClFN4/c12-7-2-1-3-8(14)9(7)18-10-6(5-16-18)4-15-11(13)17-10/h1-5H. The van der Waals surface area contributed by atoms with Gasteiger partial charge in [0.15, 0.2) is 5.65 Å². The van der Waals surface area contributed by atoms with E-state index in [2.05, 4.69) is 31.0 Å². The van der Waals surface area contributed by atoms with Crippen LogP contribution in [-0.2, 0) is 0 Å². The van der Waals surface area contributed by atoms with Crippen molar-refractivity contribution in [3.63, 3.8) is 0 Å². The highest BCUT2D eigenvalue weighted by Crippen LogP contribution is 2.26. The van der Waals surface area contributed by atoms with Gasteiger partial charge in [-0.2, -0.15) is 10.1 Å². The second-order valence-electron chi connectivity index (χ2n) is 3.54. The third-order valence-electron chi connectivity index (χ3n) is 2.43. The minimum Gasteiger partial charge on any atom is -0.226 e. The second-order valence-corrected chi connectivity index (χ2v) is 4.74. The smallest absolute Gasteiger partial charge is 0.224 e. The van der Waals surface area contributed by atoms with E-state index in [1.165, 1.54) is 10.7 Å². The van der Waals surface area contributed by atoms with Crippen LogP contribution in [-0.4, -0.2) is 19.7 Å². The van der Waals surface area contributed by atoms with Crippen LogP contribution in [0, 0.1) is 5.82 Å². The van der Waals surface area contributed by atoms with Crippen molar-refractivity contribution in [1.82, 2.24) is 19.7 Å². The Morgan fingerprint density at radius 2 is 2.11 bits per heavy atom. The van der Waals surface area contributed by atoms with Crippen molar-refractivity contribution in [2.24, 2.45) is 0 Å². The van der Waals surface area contributed by atoms with Gasteiger partial charge in [-0.15, -0.1) is 0 Å². The van der Waals surface area contributed by atoms with Gasteiger partial charge in [0.2, 0.25) is 5.28 Å². The van der Waals surface area contributed by atoms with Gasteiger partial charge >= 0.3 is 0 Å². The quantitative estimate of drug-likeness (QED) is 0.644. The molecule has 7 heteroatoms. The molecule has 90 valence electrons. The molecule has 0 spiro atoms. The van der Waals surface area contributed by atoms with Gasteiger partial charge in [-0.05, 0) is 39.7 Å². The molecule has 1 aromatic carbocycles. The third kappa shape index (κ3) is 1.77. The molecule has 0 aliphatic rings. The fourth-order valence-corrected chi connectivity index (χ4v) is 2.29. The van der Waals surface area contributed by atoms with Crippen molar-refractivity contribution in [2.75, 3.05) is 0 Å². The number of hydrogen-bond donors (Lipinski definition) is 0. The second kappa shape index (κ2) is 4.29. The van der Waals surface area contributed by atoms with Gasteiger partial charge in [-0.25, -0.2) is 14.1 Å². The summed E-state index contributed by atoms with van der Waals surface area (Å²) in [5.74, 6) is -0.399. The zero-order valence-corrected chi connectivity index (χ0v) is 11.2. The summed E-state index contributed by atoms with van der Waals surface area (Å²) in [5, 5.41) is 4.90. The maximum atomic E-state index is 13.9. The molecule has 0 amide bonds. The molecular weight excluding hydrogens is 323 g/mol. The number of halogens is 3. The predicted octanol–water partition coefficient (Wildman–Crippen LogP) is 3.37. The summed E-state index contributed by atoms with van der Waals surface area (Å²) in [7, 11) is 0. The Morgan fingerprint density at radius 3 is 2.89 bits per heavy atom. The first-order valence-corrected chi connectivity index (χ1v) is 6.14. The number of nitrogens with zero attached hydrogens (tertiary/aromatic N) is 4. The Labute approximate surface area is 115 Å². The Balaban J connectivity index is 2.35. The van der Waals surface area contributed by atoms with E-state index in [9.17, 15) is 4.39 Å². The van der Waals surface area contributed by atoms with Crippen molar-refractivity contribution in [2.45, 2.75) is 0 Å². The molecule has 0 bridgehead atoms. The molecule has 0 radical (unpaired) electrons. The van der Waals surface area contributed by atoms with Crippen LogP contribution in [0.25, 0.3) is 16.7 Å². The maximum absolute atomic E-state index is 13.9. The summed E-state index contributed by atoms with van der Waals surface area (Å²) in [6.45, 7) is 0. The topological polar surface area (TPSA) is 43.6 Å². The van der Waals surface area contributed by atoms with E-state index in [0.29, 0.717) is 21.2 Å². The molecule has 0 saturated carbocycles. The Bertz CT molecular complexity index is 723. The maximum Gasteiger partial charge on any atom is 0.224 e. The number of hydrogen-bond acceptors (Lipinski definition) is 3. The zero-order valence-electron chi connectivity index (χ0n) is 8.81. The molecule has 2 heterocycles. The van der Waals surface area contributed by atoms with E-state index >= 15 is 0 Å². The highest BCUT2D eigenvalue weighted by atomic mass is 79.9. The van der Waals surface area contributed by atoms with Crippen molar-refractivity contribution in [3.8, 4) is 5.69 Å². The van der Waals surface area contributed by atoms with Crippen LogP contribution in [0.2, 0.25) is 5.28 Å². The van der Waals surface area contributed by atoms with Gasteiger partial charge in [0.1, 0.15) is 11.5 Å². The third-order valence-corrected chi connectivity index (χ3v) is 3.25. The van der Waals surface area contributed by atoms with Crippen molar-refractivity contribution < 1.29 is 4.39 Å². The van der Waals surface area contributed by atoms with Crippen LogP contribution in [0.3, 0.4) is 0 Å². The zero-order chi connectivity index (χ0) is 12.7. The SMILES string of the molecule is Fc1cccc(Br)c1-n1ncc2cnc(Cl)nc21. The van der Waals surface area contributed by atoms with Crippen LogP contribution in [0.1, 0.15) is 0 Å². The molecule has 0 N–H and O–H groups in total. The van der Waals surface area contributed by atoms with E-state index in [-0.39, 0.29) is 5.28 Å². The lowest BCUT2D eigenvalue weighted by molar-refractivity contribution is 0.611. The van der Waals surface area contributed by atoms with Gasteiger partial charge in [0, 0.05) is 10.7 Å². The van der Waals surface area contributed by atoms with Gasteiger partial charge < -0.3 is 0 Å². The van der Waals surface area contributed by atoms with E-state index in [1.807, 2.05) is 0 Å². The number of fused-ring (bicyclic) bond motifs is 1. The van der Waals surface area contributed by atoms with E-state index in [4.69, 9.17) is 11.6 Å². The average Bonchev–Trinajstić information content (AvgIpc) is 2.72. The first-order valence-electron chi connectivity index (χ1n) is 4.97. The molecule has 3 aromatic rings. The monoisotopic (exact) mass is 326 g/mol. The van der Waals surface area contributed by atoms with Gasteiger partial charge in [-0.3, -0.25) is 0 Å². The van der Waals surface area contributed by atoms with Gasteiger partial charge in [0.05, 0.1) is 11.6 Å². The number of para-hydroxylation sites is 1. The molecule has 2 aromatic heterocycles. The molecule has 0 unspecified atom stereocenters. The highest BCUT2D eigenvalue weighted by Gasteiger charge is 2.14. The number of aromatic nitrogens is 4. The van der Waals surface area contributed by atoms with Crippen molar-refractivity contribution >= 4 is 38.6 Å². The molecule has 3 rings (SSSR count). The van der Waals surface area contributed by atoms with Gasteiger partial charge in [-0.1, -0.05) is 6.07 Å². The lowest BCUT2D eigenvalue weighted by Gasteiger charge is -2.06. The molecular formula is C11H5BrClFN4. The Kier molecular flexibility index (Phi) is 2.76. The molecule has 0 atom stereocenters.